The summed E-state index contributed by atoms with van der Waals surface area (Å²) in [7, 11) is 1.49. The Morgan fingerprint density at radius 3 is 2.88 bits per heavy atom. The Balaban J connectivity index is 1.80. The number of methoxy groups -OCH3 is 1. The maximum absolute atomic E-state index is 12.3. The molecular weight excluding hydrogens is 487 g/mol. The summed E-state index contributed by atoms with van der Waals surface area (Å²) in [5, 5.41) is 16.7. The van der Waals surface area contributed by atoms with Crippen molar-refractivity contribution in [3.05, 3.63) is 55.0 Å². The molecule has 1 atom stereocenters. The lowest BCUT2D eigenvalue weighted by Crippen LogP contribution is -2.31. The van der Waals surface area contributed by atoms with Crippen LogP contribution in [0, 0.1) is 10.5 Å². The van der Waals surface area contributed by atoms with Crippen LogP contribution in [0.25, 0.3) is 6.08 Å². The second kappa shape index (κ2) is 7.98. The van der Waals surface area contributed by atoms with E-state index in [4.69, 9.17) is 16.3 Å². The van der Waals surface area contributed by atoms with E-state index in [1.54, 1.807) is 18.2 Å². The van der Waals surface area contributed by atoms with Crippen molar-refractivity contribution in [2.45, 2.75) is 12.4 Å². The molecule has 0 saturated carbocycles. The number of ether oxygens (including phenoxy) is 1. The van der Waals surface area contributed by atoms with Crippen LogP contribution in [0.3, 0.4) is 0 Å². The molecule has 1 aliphatic rings. The number of carbonyl (C=O) groups excluding carboxylic acids is 1. The molecule has 1 amide bonds. The molecule has 1 heterocycles. The third kappa shape index (κ3) is 4.21. The highest BCUT2D eigenvalue weighted by molar-refractivity contribution is 14.1. The highest BCUT2D eigenvalue weighted by Gasteiger charge is 2.27. The van der Waals surface area contributed by atoms with Gasteiger partial charge in [0.05, 0.1) is 15.6 Å². The van der Waals surface area contributed by atoms with Gasteiger partial charge < -0.3 is 20.5 Å². The zero-order valence-electron chi connectivity index (χ0n) is 14.0. The van der Waals surface area contributed by atoms with Gasteiger partial charge in [-0.25, -0.2) is 0 Å². The second-order valence-electron chi connectivity index (χ2n) is 5.64. The minimum Gasteiger partial charge on any atom is -0.504 e. The third-order valence-corrected chi connectivity index (χ3v) is 5.87. The Morgan fingerprint density at radius 1 is 1.38 bits per heavy atom. The van der Waals surface area contributed by atoms with E-state index in [0.29, 0.717) is 19.2 Å². The number of anilines is 1. The number of benzene rings is 2. The van der Waals surface area contributed by atoms with Crippen LogP contribution in [-0.2, 0) is 4.79 Å². The summed E-state index contributed by atoms with van der Waals surface area (Å²) >= 11 is 9.46. The zero-order chi connectivity index (χ0) is 18.8. The molecule has 0 bridgehead atoms. The monoisotopic (exact) mass is 502 g/mol. The molecule has 1 saturated heterocycles. The molecule has 3 N–H and O–H groups in total. The quantitative estimate of drug-likeness (QED) is 0.422. The van der Waals surface area contributed by atoms with E-state index in [9.17, 15) is 9.90 Å². The lowest BCUT2D eigenvalue weighted by molar-refractivity contribution is -0.116. The fourth-order valence-corrected chi connectivity index (χ4v) is 4.21. The van der Waals surface area contributed by atoms with E-state index in [-0.39, 0.29) is 17.2 Å². The Kier molecular flexibility index (Phi) is 5.89. The SMILES string of the molecule is COc1cc(/C=C2\SC(Nc3cc(Cl)ccc3C)NC2=O)cc(I)c1O. The second-order valence-corrected chi connectivity index (χ2v) is 8.38. The van der Waals surface area contributed by atoms with Crippen molar-refractivity contribution in [3.63, 3.8) is 0 Å². The molecule has 3 rings (SSSR count). The van der Waals surface area contributed by atoms with Crippen LogP contribution in [-0.4, -0.2) is 23.6 Å². The Hall–Kier alpha value is -1.58. The number of thioether (sulfide) groups is 1. The fraction of sp³-hybridized carbons (Fsp3) is 0.167. The highest BCUT2D eigenvalue weighted by Crippen LogP contribution is 2.36. The molecule has 2 aromatic rings. The van der Waals surface area contributed by atoms with Gasteiger partial charge in [-0.05, 0) is 71.0 Å². The molecule has 0 aromatic heterocycles. The highest BCUT2D eigenvalue weighted by atomic mass is 127. The van der Waals surface area contributed by atoms with Gasteiger partial charge >= 0.3 is 0 Å². The number of phenols is 1. The maximum atomic E-state index is 12.3. The number of amides is 1. The molecular formula is C18H16ClIN2O3S. The molecule has 26 heavy (non-hydrogen) atoms. The summed E-state index contributed by atoms with van der Waals surface area (Å²) in [4.78, 5) is 12.9. The predicted octanol–water partition coefficient (Wildman–Crippen LogP) is 4.57. The van der Waals surface area contributed by atoms with Gasteiger partial charge in [0.2, 0.25) is 0 Å². The van der Waals surface area contributed by atoms with Crippen LogP contribution in [0.1, 0.15) is 11.1 Å². The number of hydrogen-bond donors (Lipinski definition) is 3. The van der Waals surface area contributed by atoms with E-state index in [0.717, 1.165) is 16.8 Å². The number of carbonyl (C=O) groups is 1. The van der Waals surface area contributed by atoms with E-state index in [2.05, 4.69) is 10.6 Å². The number of rotatable bonds is 4. The third-order valence-electron chi connectivity index (χ3n) is 3.79. The van der Waals surface area contributed by atoms with Crippen molar-refractivity contribution in [3.8, 4) is 11.5 Å². The molecule has 1 unspecified atom stereocenters. The van der Waals surface area contributed by atoms with E-state index >= 15 is 0 Å². The van der Waals surface area contributed by atoms with Crippen LogP contribution in [0.15, 0.2) is 35.2 Å². The summed E-state index contributed by atoms with van der Waals surface area (Å²) < 4.78 is 5.82. The molecule has 0 aliphatic carbocycles. The van der Waals surface area contributed by atoms with Crippen molar-refractivity contribution in [2.75, 3.05) is 12.4 Å². The van der Waals surface area contributed by atoms with Crippen LogP contribution in [0.5, 0.6) is 11.5 Å². The molecule has 8 heteroatoms. The van der Waals surface area contributed by atoms with Crippen molar-refractivity contribution < 1.29 is 14.6 Å². The van der Waals surface area contributed by atoms with Crippen LogP contribution >= 0.6 is 46.0 Å². The maximum Gasteiger partial charge on any atom is 0.260 e. The fourth-order valence-electron chi connectivity index (χ4n) is 2.44. The Bertz CT molecular complexity index is 904. The predicted molar refractivity (Wildman–Crippen MR) is 115 cm³/mol. The van der Waals surface area contributed by atoms with Gasteiger partial charge in [-0.1, -0.05) is 29.4 Å². The molecule has 5 nitrogen and oxygen atoms in total. The molecule has 0 radical (unpaired) electrons. The zero-order valence-corrected chi connectivity index (χ0v) is 17.7. The largest absolute Gasteiger partial charge is 0.504 e. The summed E-state index contributed by atoms with van der Waals surface area (Å²) in [5.41, 5.74) is 2.40. The minimum absolute atomic E-state index is 0.0924. The first-order valence-electron chi connectivity index (χ1n) is 7.66. The van der Waals surface area contributed by atoms with Gasteiger partial charge in [0.25, 0.3) is 5.91 Å². The first-order valence-corrected chi connectivity index (χ1v) is 9.99. The van der Waals surface area contributed by atoms with Gasteiger partial charge in [-0.2, -0.15) is 0 Å². The lowest BCUT2D eigenvalue weighted by Gasteiger charge is -2.15. The number of halogens is 2. The van der Waals surface area contributed by atoms with Gasteiger partial charge in [0, 0.05) is 10.7 Å². The topological polar surface area (TPSA) is 70.6 Å². The van der Waals surface area contributed by atoms with E-state index in [1.807, 2.05) is 47.7 Å². The van der Waals surface area contributed by atoms with E-state index in [1.165, 1.54) is 18.9 Å². The molecule has 136 valence electrons. The van der Waals surface area contributed by atoms with Crippen molar-refractivity contribution >= 4 is 63.6 Å². The van der Waals surface area contributed by atoms with Gasteiger partial charge in [-0.15, -0.1) is 0 Å². The van der Waals surface area contributed by atoms with Crippen LogP contribution in [0.2, 0.25) is 5.02 Å². The number of nitrogens with one attached hydrogen (secondary N) is 2. The normalized spacial score (nSPS) is 18.1. The standard InChI is InChI=1S/C18H16ClIN2O3S/c1-9-3-4-11(19)8-13(9)21-18-22-17(24)15(26-18)7-10-5-12(20)16(23)14(6-10)25-2/h3-8,18,21,23H,1-2H3,(H,22,24)/b15-7-. The number of hydrogen-bond acceptors (Lipinski definition) is 5. The smallest absolute Gasteiger partial charge is 0.260 e. The van der Waals surface area contributed by atoms with Crippen molar-refractivity contribution in [1.82, 2.24) is 5.32 Å². The number of aromatic hydroxyl groups is 1. The average Bonchev–Trinajstić information content (AvgIpc) is 2.93. The van der Waals surface area contributed by atoms with Crippen molar-refractivity contribution in [2.24, 2.45) is 0 Å². The Labute approximate surface area is 174 Å². The summed E-state index contributed by atoms with van der Waals surface area (Å²) in [6.45, 7) is 1.97. The summed E-state index contributed by atoms with van der Waals surface area (Å²) in [5.74, 6) is 0.306. The number of aryl methyl sites for hydroxylation is 1. The molecule has 1 aliphatic heterocycles. The first-order chi connectivity index (χ1) is 12.4. The Morgan fingerprint density at radius 2 is 2.15 bits per heavy atom. The minimum atomic E-state index is -0.288. The summed E-state index contributed by atoms with van der Waals surface area (Å²) in [6.07, 6.45) is 1.77. The molecule has 1 fully saturated rings. The van der Waals surface area contributed by atoms with Gasteiger partial charge in [-0.3, -0.25) is 4.79 Å². The lowest BCUT2D eigenvalue weighted by atomic mass is 10.2. The summed E-state index contributed by atoms with van der Waals surface area (Å²) in [6, 6.07) is 9.07. The van der Waals surface area contributed by atoms with Crippen molar-refractivity contribution in [1.29, 1.82) is 0 Å². The van der Waals surface area contributed by atoms with Gasteiger partial charge in [0.1, 0.15) is 0 Å². The van der Waals surface area contributed by atoms with E-state index < -0.39 is 0 Å². The number of phenolic OH excluding ortho intramolecular Hbond substituents is 1. The average molecular weight is 503 g/mol. The molecule has 0 spiro atoms. The van der Waals surface area contributed by atoms with Crippen LogP contribution < -0.4 is 15.4 Å². The molecule has 2 aromatic carbocycles. The first kappa shape index (κ1) is 19.2. The van der Waals surface area contributed by atoms with Crippen LogP contribution in [0.4, 0.5) is 5.69 Å². The van der Waals surface area contributed by atoms with Gasteiger partial charge in [0.15, 0.2) is 17.0 Å².